The molecule has 2 fully saturated rings. The number of hydrogen-bond donors (Lipinski definition) is 0. The summed E-state index contributed by atoms with van der Waals surface area (Å²) in [5.41, 5.74) is 3.41. The zero-order valence-corrected chi connectivity index (χ0v) is 13.3. The van der Waals surface area contributed by atoms with Gasteiger partial charge in [-0.25, -0.2) is 0 Å². The molecule has 2 saturated carbocycles. The van der Waals surface area contributed by atoms with Crippen molar-refractivity contribution in [2.45, 2.75) is 53.4 Å². The lowest BCUT2D eigenvalue weighted by molar-refractivity contribution is -0.139. The van der Waals surface area contributed by atoms with Gasteiger partial charge in [-0.2, -0.15) is 0 Å². The van der Waals surface area contributed by atoms with Crippen LogP contribution in [0.2, 0.25) is 0 Å². The van der Waals surface area contributed by atoms with E-state index in [1.165, 1.54) is 11.1 Å². The maximum absolute atomic E-state index is 12.8. The van der Waals surface area contributed by atoms with E-state index in [1.54, 1.807) is 0 Å². The monoisotopic (exact) mass is 270 g/mol. The number of rotatable bonds is 1. The third-order valence-electron chi connectivity index (χ3n) is 5.67. The number of carbonyl (C=O) groups is 1. The molecule has 0 spiro atoms. The molecule has 20 heavy (non-hydrogen) atoms. The molecule has 0 radical (unpaired) electrons. The molecule has 2 rings (SSSR count). The van der Waals surface area contributed by atoms with Crippen LogP contribution in [-0.4, -0.2) is 5.78 Å². The molecule has 4 unspecified atom stereocenters. The quantitative estimate of drug-likeness (QED) is 0.505. The van der Waals surface area contributed by atoms with E-state index in [0.29, 0.717) is 24.0 Å². The van der Waals surface area contributed by atoms with Crippen LogP contribution >= 0.6 is 0 Å². The maximum Gasteiger partial charge on any atom is 0.141 e. The summed E-state index contributed by atoms with van der Waals surface area (Å²) in [6.45, 7) is 12.4. The highest BCUT2D eigenvalue weighted by molar-refractivity contribution is 5.87. The van der Waals surface area contributed by atoms with Crippen LogP contribution in [0.3, 0.4) is 0 Å². The zero-order chi connectivity index (χ0) is 15.1. The summed E-state index contributed by atoms with van der Waals surface area (Å²) in [5, 5.41) is 0. The summed E-state index contributed by atoms with van der Waals surface area (Å²) >= 11 is 0. The SMILES string of the molecule is C#CC1C(=C(C)C)CCC2CC(C(=C)C)CC(=O)C21C. The number of Topliss-reactive ketones (excluding diaryl/α,β-unsaturated/α-hetero) is 1. The van der Waals surface area contributed by atoms with Gasteiger partial charge in [0.25, 0.3) is 0 Å². The van der Waals surface area contributed by atoms with Gasteiger partial charge >= 0.3 is 0 Å². The van der Waals surface area contributed by atoms with E-state index in [9.17, 15) is 4.79 Å². The van der Waals surface area contributed by atoms with Gasteiger partial charge in [0.15, 0.2) is 0 Å². The predicted octanol–water partition coefficient (Wildman–Crippen LogP) is 4.54. The van der Waals surface area contributed by atoms with Gasteiger partial charge in [0, 0.05) is 11.8 Å². The molecule has 0 bridgehead atoms. The third kappa shape index (κ3) is 2.16. The molecular formula is C19H26O. The average molecular weight is 270 g/mol. The Bertz CT molecular complexity index is 512. The van der Waals surface area contributed by atoms with Crippen molar-refractivity contribution in [1.82, 2.24) is 0 Å². The van der Waals surface area contributed by atoms with Crippen LogP contribution in [0.5, 0.6) is 0 Å². The molecule has 0 aromatic rings. The van der Waals surface area contributed by atoms with Gasteiger partial charge in [0.05, 0.1) is 5.92 Å². The zero-order valence-electron chi connectivity index (χ0n) is 13.3. The van der Waals surface area contributed by atoms with Gasteiger partial charge in [-0.1, -0.05) is 36.1 Å². The van der Waals surface area contributed by atoms with Crippen molar-refractivity contribution < 1.29 is 4.79 Å². The van der Waals surface area contributed by atoms with Crippen molar-refractivity contribution in [3.8, 4) is 12.3 Å². The van der Waals surface area contributed by atoms with Gasteiger partial charge in [-0.3, -0.25) is 4.79 Å². The first-order chi connectivity index (χ1) is 9.32. The summed E-state index contributed by atoms with van der Waals surface area (Å²) in [4.78, 5) is 12.8. The summed E-state index contributed by atoms with van der Waals surface area (Å²) in [5.74, 6) is 4.05. The first kappa shape index (κ1) is 15.1. The Morgan fingerprint density at radius 1 is 1.40 bits per heavy atom. The van der Waals surface area contributed by atoms with E-state index >= 15 is 0 Å². The van der Waals surface area contributed by atoms with Crippen LogP contribution in [-0.2, 0) is 4.79 Å². The summed E-state index contributed by atoms with van der Waals surface area (Å²) in [6, 6.07) is 0. The van der Waals surface area contributed by atoms with Gasteiger partial charge in [0.2, 0.25) is 0 Å². The number of terminal acetylenes is 1. The molecule has 1 heteroatoms. The van der Waals surface area contributed by atoms with Crippen LogP contribution in [0.15, 0.2) is 23.3 Å². The van der Waals surface area contributed by atoms with E-state index in [-0.39, 0.29) is 11.3 Å². The van der Waals surface area contributed by atoms with Crippen LogP contribution < -0.4 is 0 Å². The summed E-state index contributed by atoms with van der Waals surface area (Å²) < 4.78 is 0. The Morgan fingerprint density at radius 2 is 2.05 bits per heavy atom. The second kappa shape index (κ2) is 5.24. The Hall–Kier alpha value is -1.29. The molecule has 0 saturated heterocycles. The second-order valence-corrected chi connectivity index (χ2v) is 7.05. The Balaban J connectivity index is 2.42. The molecule has 2 aliphatic carbocycles. The van der Waals surface area contributed by atoms with Crippen molar-refractivity contribution in [1.29, 1.82) is 0 Å². The van der Waals surface area contributed by atoms with Crippen LogP contribution in [0, 0.1) is 35.5 Å². The molecule has 108 valence electrons. The second-order valence-electron chi connectivity index (χ2n) is 7.05. The molecule has 0 aromatic heterocycles. The summed E-state index contributed by atoms with van der Waals surface area (Å²) in [6.07, 6.45) is 9.66. The molecule has 1 nitrogen and oxygen atoms in total. The Kier molecular flexibility index (Phi) is 3.96. The number of ketones is 1. The summed E-state index contributed by atoms with van der Waals surface area (Å²) in [7, 11) is 0. The van der Waals surface area contributed by atoms with Crippen molar-refractivity contribution >= 4 is 5.78 Å². The van der Waals surface area contributed by atoms with Gasteiger partial charge in [-0.15, -0.1) is 6.42 Å². The highest BCUT2D eigenvalue weighted by Crippen LogP contribution is 2.55. The van der Waals surface area contributed by atoms with Gasteiger partial charge in [-0.05, 0) is 51.9 Å². The first-order valence-corrected chi connectivity index (χ1v) is 7.63. The molecule has 4 atom stereocenters. The molecule has 0 heterocycles. The lowest BCUT2D eigenvalue weighted by Crippen LogP contribution is -2.50. The minimum absolute atomic E-state index is 0.00942. The lowest BCUT2D eigenvalue weighted by Gasteiger charge is -2.50. The van der Waals surface area contributed by atoms with Crippen molar-refractivity contribution in [3.05, 3.63) is 23.3 Å². The van der Waals surface area contributed by atoms with Crippen LogP contribution in [0.1, 0.15) is 53.4 Å². The van der Waals surface area contributed by atoms with Gasteiger partial charge in [0.1, 0.15) is 5.78 Å². The van der Waals surface area contributed by atoms with E-state index in [1.807, 2.05) is 6.92 Å². The number of allylic oxidation sites excluding steroid dienone is 3. The molecule has 2 aliphatic rings. The Morgan fingerprint density at radius 3 is 2.55 bits per heavy atom. The number of hydrogen-bond acceptors (Lipinski definition) is 1. The van der Waals surface area contributed by atoms with Crippen molar-refractivity contribution in [2.75, 3.05) is 0 Å². The number of carbonyl (C=O) groups excluding carboxylic acids is 1. The fourth-order valence-corrected chi connectivity index (χ4v) is 4.18. The topological polar surface area (TPSA) is 17.1 Å². The maximum atomic E-state index is 12.8. The highest BCUT2D eigenvalue weighted by atomic mass is 16.1. The molecule has 0 N–H and O–H groups in total. The van der Waals surface area contributed by atoms with E-state index in [0.717, 1.165) is 24.8 Å². The molecular weight excluding hydrogens is 244 g/mol. The van der Waals surface area contributed by atoms with Crippen LogP contribution in [0.4, 0.5) is 0 Å². The minimum atomic E-state index is -0.356. The predicted molar refractivity (Wildman–Crippen MR) is 84.1 cm³/mol. The van der Waals surface area contributed by atoms with Crippen molar-refractivity contribution in [3.63, 3.8) is 0 Å². The molecule has 0 aliphatic heterocycles. The van der Waals surface area contributed by atoms with E-state index in [2.05, 4.69) is 33.3 Å². The fourth-order valence-electron chi connectivity index (χ4n) is 4.18. The third-order valence-corrected chi connectivity index (χ3v) is 5.67. The highest BCUT2D eigenvalue weighted by Gasteiger charge is 2.53. The van der Waals surface area contributed by atoms with E-state index < -0.39 is 0 Å². The fraction of sp³-hybridized carbons (Fsp3) is 0.632. The van der Waals surface area contributed by atoms with Crippen molar-refractivity contribution in [2.24, 2.45) is 23.2 Å². The molecule has 0 amide bonds. The lowest BCUT2D eigenvalue weighted by atomic mass is 9.51. The first-order valence-electron chi connectivity index (χ1n) is 7.63. The standard InChI is InChI=1S/C19H26O/c1-7-17-16(13(4)5)9-8-15-10-14(12(2)3)11-18(20)19(15,17)6/h1,14-15,17H,2,8-11H2,3-6H3. The number of fused-ring (bicyclic) bond motifs is 1. The Labute approximate surface area is 123 Å². The van der Waals surface area contributed by atoms with Gasteiger partial charge < -0.3 is 0 Å². The molecule has 0 aromatic carbocycles. The smallest absolute Gasteiger partial charge is 0.141 e. The largest absolute Gasteiger partial charge is 0.299 e. The van der Waals surface area contributed by atoms with Crippen LogP contribution in [0.25, 0.3) is 0 Å². The normalized spacial score (nSPS) is 37.0. The minimum Gasteiger partial charge on any atom is -0.299 e. The average Bonchev–Trinajstić information content (AvgIpc) is 2.38. The van der Waals surface area contributed by atoms with E-state index in [4.69, 9.17) is 6.42 Å².